The van der Waals surface area contributed by atoms with E-state index in [-0.39, 0.29) is 27.9 Å². The Bertz CT molecular complexity index is 1370. The highest BCUT2D eigenvalue weighted by Gasteiger charge is 2.31. The summed E-state index contributed by atoms with van der Waals surface area (Å²) in [6.45, 7) is 0. The van der Waals surface area contributed by atoms with E-state index in [0.29, 0.717) is 21.4 Å². The minimum atomic E-state index is -4.52. The van der Waals surface area contributed by atoms with Gasteiger partial charge in [-0.15, -0.1) is 0 Å². The summed E-state index contributed by atoms with van der Waals surface area (Å²) >= 11 is 18.2. The Morgan fingerprint density at radius 3 is 2.30 bits per heavy atom. The Morgan fingerprint density at radius 2 is 1.55 bits per heavy atom. The molecule has 168 valence electrons. The van der Waals surface area contributed by atoms with Crippen LogP contribution in [0, 0.1) is 0 Å². The van der Waals surface area contributed by atoms with Crippen molar-refractivity contribution < 1.29 is 26.8 Å². The van der Waals surface area contributed by atoms with E-state index >= 15 is 0 Å². The molecule has 0 atom stereocenters. The van der Waals surface area contributed by atoms with Gasteiger partial charge in [0.1, 0.15) is 17.3 Å². The Balaban J connectivity index is 1.53. The zero-order valence-electron chi connectivity index (χ0n) is 16.4. The lowest BCUT2D eigenvalue weighted by Gasteiger charge is -2.09. The van der Waals surface area contributed by atoms with Gasteiger partial charge in [0.2, 0.25) is 5.78 Å². The summed E-state index contributed by atoms with van der Waals surface area (Å²) in [7, 11) is 0. The molecule has 0 fully saturated rings. The van der Waals surface area contributed by atoms with Gasteiger partial charge in [-0.3, -0.25) is 4.79 Å². The predicted octanol–water partition coefficient (Wildman–Crippen LogP) is 9.08. The molecule has 2 aromatic carbocycles. The molecule has 0 bridgehead atoms. The number of alkyl halides is 3. The van der Waals surface area contributed by atoms with Crippen molar-refractivity contribution >= 4 is 46.7 Å². The van der Waals surface area contributed by atoms with Crippen molar-refractivity contribution in [2.24, 2.45) is 0 Å². The molecule has 0 aliphatic rings. The maximum absolute atomic E-state index is 13.0. The van der Waals surface area contributed by atoms with Crippen molar-refractivity contribution in [3.8, 4) is 22.6 Å². The van der Waals surface area contributed by atoms with E-state index in [1.165, 1.54) is 30.4 Å². The number of furan rings is 2. The number of halogens is 6. The molecule has 0 saturated carbocycles. The second kappa shape index (κ2) is 9.14. The summed E-state index contributed by atoms with van der Waals surface area (Å²) in [6.07, 6.45) is -1.92. The number of carbonyl (C=O) groups excluding carboxylic acids is 1. The highest BCUT2D eigenvalue weighted by molar-refractivity contribution is 6.43. The van der Waals surface area contributed by atoms with E-state index in [2.05, 4.69) is 0 Å². The van der Waals surface area contributed by atoms with E-state index < -0.39 is 17.5 Å². The molecule has 3 nitrogen and oxygen atoms in total. The highest BCUT2D eigenvalue weighted by atomic mass is 35.5. The Hall–Kier alpha value is -2.93. The number of hydrogen-bond donors (Lipinski definition) is 0. The lowest BCUT2D eigenvalue weighted by atomic mass is 10.1. The van der Waals surface area contributed by atoms with Crippen molar-refractivity contribution in [3.63, 3.8) is 0 Å². The molecule has 9 heteroatoms. The van der Waals surface area contributed by atoms with Crippen molar-refractivity contribution in [1.29, 1.82) is 0 Å². The number of hydrogen-bond acceptors (Lipinski definition) is 3. The van der Waals surface area contributed by atoms with Crippen LogP contribution in [0.2, 0.25) is 15.1 Å². The summed E-state index contributed by atoms with van der Waals surface area (Å²) in [5, 5.41) is 0.763. The summed E-state index contributed by atoms with van der Waals surface area (Å²) in [5.74, 6) is 0.365. The van der Waals surface area contributed by atoms with Crippen LogP contribution in [0.4, 0.5) is 13.2 Å². The van der Waals surface area contributed by atoms with Crippen molar-refractivity contribution in [2.75, 3.05) is 0 Å². The van der Waals surface area contributed by atoms with Gasteiger partial charge in [0.25, 0.3) is 0 Å². The van der Waals surface area contributed by atoms with Crippen molar-refractivity contribution in [2.45, 2.75) is 6.18 Å². The molecule has 4 rings (SSSR count). The van der Waals surface area contributed by atoms with E-state index in [4.69, 9.17) is 43.6 Å². The molecule has 2 heterocycles. The van der Waals surface area contributed by atoms with Crippen LogP contribution in [-0.4, -0.2) is 5.78 Å². The van der Waals surface area contributed by atoms with E-state index in [9.17, 15) is 18.0 Å². The summed E-state index contributed by atoms with van der Waals surface area (Å²) in [4.78, 5) is 12.5. The minimum Gasteiger partial charge on any atom is -0.457 e. The second-order valence-electron chi connectivity index (χ2n) is 6.86. The van der Waals surface area contributed by atoms with Gasteiger partial charge in [-0.2, -0.15) is 13.2 Å². The summed E-state index contributed by atoms with van der Waals surface area (Å²) in [5.41, 5.74) is -0.216. The molecule has 0 saturated heterocycles. The average molecular weight is 512 g/mol. The zero-order chi connectivity index (χ0) is 23.8. The molecule has 0 amide bonds. The van der Waals surface area contributed by atoms with Gasteiger partial charge in [0, 0.05) is 11.1 Å². The number of carbonyl (C=O) groups is 1. The summed E-state index contributed by atoms with van der Waals surface area (Å²) in [6, 6.07) is 14.1. The largest absolute Gasteiger partial charge is 0.457 e. The van der Waals surface area contributed by atoms with Gasteiger partial charge in [0.05, 0.1) is 20.6 Å². The monoisotopic (exact) mass is 510 g/mol. The molecule has 0 spiro atoms. The van der Waals surface area contributed by atoms with E-state index in [1.54, 1.807) is 24.3 Å². The van der Waals surface area contributed by atoms with Crippen LogP contribution in [0.1, 0.15) is 21.9 Å². The van der Waals surface area contributed by atoms with Gasteiger partial charge in [-0.05, 0) is 66.7 Å². The lowest BCUT2D eigenvalue weighted by Crippen LogP contribution is -2.04. The zero-order valence-corrected chi connectivity index (χ0v) is 18.7. The fourth-order valence-electron chi connectivity index (χ4n) is 3.03. The Kier molecular flexibility index (Phi) is 6.43. The molecule has 0 aliphatic heterocycles. The molecule has 0 unspecified atom stereocenters. The first-order chi connectivity index (χ1) is 15.6. The van der Waals surface area contributed by atoms with Crippen LogP contribution in [0.25, 0.3) is 28.7 Å². The molecule has 0 aliphatic carbocycles. The van der Waals surface area contributed by atoms with Crippen LogP contribution >= 0.6 is 34.8 Å². The number of benzene rings is 2. The number of rotatable bonds is 5. The SMILES string of the molecule is O=C(/C=C/c1ccc(-c2cc(C(F)(F)F)ccc2Cl)o1)c1ccc(-c2cccc(Cl)c2Cl)o1. The molecular weight excluding hydrogens is 500 g/mol. The van der Waals surface area contributed by atoms with Crippen molar-refractivity contribution in [3.05, 3.63) is 98.9 Å². The van der Waals surface area contributed by atoms with E-state index in [1.807, 2.05) is 0 Å². The van der Waals surface area contributed by atoms with Crippen LogP contribution in [0.15, 0.2) is 75.6 Å². The average Bonchev–Trinajstić information content (AvgIpc) is 3.43. The molecule has 0 N–H and O–H groups in total. The second-order valence-corrected chi connectivity index (χ2v) is 8.05. The van der Waals surface area contributed by atoms with Crippen LogP contribution < -0.4 is 0 Å². The first-order valence-electron chi connectivity index (χ1n) is 9.37. The first kappa shape index (κ1) is 23.2. The third kappa shape index (κ3) is 5.03. The number of allylic oxidation sites excluding steroid dienone is 1. The van der Waals surface area contributed by atoms with E-state index in [0.717, 1.165) is 18.2 Å². The maximum Gasteiger partial charge on any atom is 0.416 e. The van der Waals surface area contributed by atoms with Crippen LogP contribution in [-0.2, 0) is 6.18 Å². The quantitative estimate of drug-likeness (QED) is 0.198. The normalized spacial score (nSPS) is 11.9. The Morgan fingerprint density at radius 1 is 0.818 bits per heavy atom. The molecule has 2 aromatic heterocycles. The van der Waals surface area contributed by atoms with Crippen LogP contribution in [0.5, 0.6) is 0 Å². The number of ketones is 1. The Labute approximate surface area is 201 Å². The molecule has 4 aromatic rings. The molecule has 33 heavy (non-hydrogen) atoms. The fraction of sp³-hybridized carbons (Fsp3) is 0.0417. The summed E-state index contributed by atoms with van der Waals surface area (Å²) < 4.78 is 50.1. The van der Waals surface area contributed by atoms with Gasteiger partial charge in [-0.25, -0.2) is 0 Å². The van der Waals surface area contributed by atoms with Gasteiger partial charge < -0.3 is 8.83 Å². The standard InChI is InChI=1S/C24H12Cl3F3O3/c25-17-7-4-13(24(28,29)30)12-16(17)21-9-6-14(32-21)5-8-19(31)22-11-10-20(33-22)15-2-1-3-18(26)23(15)27/h1-12H/b8-5+. The highest BCUT2D eigenvalue weighted by Crippen LogP contribution is 2.37. The van der Waals surface area contributed by atoms with Gasteiger partial charge >= 0.3 is 6.18 Å². The minimum absolute atomic E-state index is 0.0602. The molecular formula is C24H12Cl3F3O3. The third-order valence-corrected chi connectivity index (χ3v) is 5.80. The lowest BCUT2D eigenvalue weighted by molar-refractivity contribution is -0.137. The molecule has 0 radical (unpaired) electrons. The predicted molar refractivity (Wildman–Crippen MR) is 122 cm³/mol. The topological polar surface area (TPSA) is 43.4 Å². The first-order valence-corrected chi connectivity index (χ1v) is 10.5. The third-order valence-electron chi connectivity index (χ3n) is 4.65. The van der Waals surface area contributed by atoms with Crippen molar-refractivity contribution in [1.82, 2.24) is 0 Å². The maximum atomic E-state index is 13.0. The van der Waals surface area contributed by atoms with Gasteiger partial charge in [0.15, 0.2) is 5.76 Å². The van der Waals surface area contributed by atoms with Crippen LogP contribution in [0.3, 0.4) is 0 Å². The fourth-order valence-corrected chi connectivity index (χ4v) is 3.63. The smallest absolute Gasteiger partial charge is 0.416 e. The van der Waals surface area contributed by atoms with Gasteiger partial charge in [-0.1, -0.05) is 40.9 Å².